The van der Waals surface area contributed by atoms with Crippen LogP contribution in [0.5, 0.6) is 0 Å². The maximum Gasteiger partial charge on any atom is 0.253 e. The third-order valence-electron chi connectivity index (χ3n) is 3.36. The SMILES string of the molecule is CC1(C)OO[C@@]2(O)C1=CC[C@@]1(C)O[C@H]12. The zero-order chi connectivity index (χ0) is 10.2. The van der Waals surface area contributed by atoms with Crippen LogP contribution in [-0.4, -0.2) is 28.2 Å². The number of rotatable bonds is 0. The number of ether oxygens (including phenoxy) is 1. The Balaban J connectivity index is 2.07. The number of hydrogen-bond acceptors (Lipinski definition) is 4. The Bertz CT molecular complexity index is 335. The number of hydrogen-bond donors (Lipinski definition) is 1. The average molecular weight is 198 g/mol. The quantitative estimate of drug-likeness (QED) is 0.357. The minimum absolute atomic E-state index is 0.262. The Labute approximate surface area is 82.4 Å². The van der Waals surface area contributed by atoms with Gasteiger partial charge in [-0.25, -0.2) is 4.89 Å². The second-order valence-corrected chi connectivity index (χ2v) is 5.01. The van der Waals surface area contributed by atoms with E-state index in [2.05, 4.69) is 0 Å². The summed E-state index contributed by atoms with van der Waals surface area (Å²) in [4.78, 5) is 10.2. The van der Waals surface area contributed by atoms with E-state index in [1.807, 2.05) is 26.8 Å². The Morgan fingerprint density at radius 2 is 2.07 bits per heavy atom. The molecule has 3 atom stereocenters. The van der Waals surface area contributed by atoms with Crippen molar-refractivity contribution in [1.29, 1.82) is 0 Å². The van der Waals surface area contributed by atoms with Crippen molar-refractivity contribution in [3.8, 4) is 0 Å². The van der Waals surface area contributed by atoms with Crippen LogP contribution < -0.4 is 0 Å². The number of fused-ring (bicyclic) bond motifs is 3. The first-order valence-corrected chi connectivity index (χ1v) is 4.87. The van der Waals surface area contributed by atoms with E-state index in [1.165, 1.54) is 0 Å². The van der Waals surface area contributed by atoms with Crippen molar-refractivity contribution in [1.82, 2.24) is 0 Å². The molecule has 0 aromatic carbocycles. The van der Waals surface area contributed by atoms with Crippen LogP contribution in [0.4, 0.5) is 0 Å². The van der Waals surface area contributed by atoms with Crippen LogP contribution >= 0.6 is 0 Å². The van der Waals surface area contributed by atoms with Crippen molar-refractivity contribution in [2.45, 2.75) is 50.3 Å². The predicted octanol–water partition coefficient (Wildman–Crippen LogP) is 0.903. The van der Waals surface area contributed by atoms with Gasteiger partial charge in [-0.3, -0.25) is 0 Å². The first kappa shape index (κ1) is 8.85. The smallest absolute Gasteiger partial charge is 0.253 e. The molecule has 0 saturated carbocycles. The Hall–Kier alpha value is -0.420. The lowest BCUT2D eigenvalue weighted by Crippen LogP contribution is -2.44. The van der Waals surface area contributed by atoms with Crippen molar-refractivity contribution in [2.24, 2.45) is 0 Å². The highest BCUT2D eigenvalue weighted by Gasteiger charge is 2.72. The van der Waals surface area contributed by atoms with E-state index in [0.717, 1.165) is 12.0 Å². The average Bonchev–Trinajstić information content (AvgIpc) is 2.70. The molecule has 2 heterocycles. The van der Waals surface area contributed by atoms with Crippen molar-refractivity contribution in [3.05, 3.63) is 11.6 Å². The summed E-state index contributed by atoms with van der Waals surface area (Å²) in [6.07, 6.45) is 2.50. The van der Waals surface area contributed by atoms with Gasteiger partial charge in [0.05, 0.1) is 0 Å². The van der Waals surface area contributed by atoms with Gasteiger partial charge in [0, 0.05) is 5.57 Å². The lowest BCUT2D eigenvalue weighted by Gasteiger charge is -2.26. The summed E-state index contributed by atoms with van der Waals surface area (Å²) in [7, 11) is 0. The van der Waals surface area contributed by atoms with Crippen LogP contribution in [0, 0.1) is 0 Å². The standard InChI is InChI=1S/C10H14O4/c1-8(2)6-4-5-9(3)7(12-9)10(6,11)14-13-8/h4,7,11H,5H2,1-3H3/t7-,9-,10+/m1/s1. The van der Waals surface area contributed by atoms with E-state index in [-0.39, 0.29) is 11.7 Å². The Kier molecular flexibility index (Phi) is 1.31. The molecule has 1 aliphatic carbocycles. The van der Waals surface area contributed by atoms with Crippen molar-refractivity contribution in [2.75, 3.05) is 0 Å². The predicted molar refractivity (Wildman–Crippen MR) is 47.2 cm³/mol. The lowest BCUT2D eigenvalue weighted by molar-refractivity contribution is -0.392. The van der Waals surface area contributed by atoms with Crippen LogP contribution in [0.25, 0.3) is 0 Å². The summed E-state index contributed by atoms with van der Waals surface area (Å²) in [5.41, 5.74) is -0.0330. The van der Waals surface area contributed by atoms with Gasteiger partial charge in [-0.1, -0.05) is 6.08 Å². The molecule has 0 bridgehead atoms. The molecule has 0 spiro atoms. The van der Waals surface area contributed by atoms with Gasteiger partial charge in [-0.2, -0.15) is 4.89 Å². The van der Waals surface area contributed by atoms with Crippen LogP contribution in [0.1, 0.15) is 27.2 Å². The van der Waals surface area contributed by atoms with Gasteiger partial charge in [0.25, 0.3) is 5.79 Å². The monoisotopic (exact) mass is 198 g/mol. The Morgan fingerprint density at radius 1 is 1.36 bits per heavy atom. The maximum absolute atomic E-state index is 10.3. The van der Waals surface area contributed by atoms with Gasteiger partial charge in [-0.05, 0) is 27.2 Å². The van der Waals surface area contributed by atoms with E-state index in [0.29, 0.717) is 0 Å². The zero-order valence-corrected chi connectivity index (χ0v) is 8.53. The highest BCUT2D eigenvalue weighted by atomic mass is 17.2. The molecule has 3 aliphatic rings. The van der Waals surface area contributed by atoms with E-state index in [9.17, 15) is 5.11 Å². The van der Waals surface area contributed by atoms with Gasteiger partial charge in [0.1, 0.15) is 17.3 Å². The van der Waals surface area contributed by atoms with Crippen LogP contribution in [-0.2, 0) is 14.5 Å². The molecule has 2 saturated heterocycles. The largest absolute Gasteiger partial charge is 0.360 e. The van der Waals surface area contributed by atoms with E-state index in [1.54, 1.807) is 0 Å². The minimum atomic E-state index is -1.36. The number of aliphatic hydroxyl groups is 1. The molecular weight excluding hydrogens is 184 g/mol. The molecule has 4 nitrogen and oxygen atoms in total. The van der Waals surface area contributed by atoms with Gasteiger partial charge >= 0.3 is 0 Å². The van der Waals surface area contributed by atoms with Gasteiger partial charge in [0.15, 0.2) is 0 Å². The second-order valence-electron chi connectivity index (χ2n) is 5.01. The van der Waals surface area contributed by atoms with E-state index in [4.69, 9.17) is 14.5 Å². The molecule has 0 aromatic rings. The molecule has 0 unspecified atom stereocenters. The summed E-state index contributed by atoms with van der Waals surface area (Å²) in [6, 6.07) is 0. The fourth-order valence-corrected chi connectivity index (χ4v) is 2.45. The molecule has 1 N–H and O–H groups in total. The van der Waals surface area contributed by atoms with Crippen LogP contribution in [0.2, 0.25) is 0 Å². The third-order valence-corrected chi connectivity index (χ3v) is 3.36. The zero-order valence-electron chi connectivity index (χ0n) is 8.53. The topological polar surface area (TPSA) is 51.2 Å². The van der Waals surface area contributed by atoms with Crippen LogP contribution in [0.3, 0.4) is 0 Å². The molecule has 0 radical (unpaired) electrons. The van der Waals surface area contributed by atoms with Crippen molar-refractivity contribution in [3.63, 3.8) is 0 Å². The number of epoxide rings is 1. The van der Waals surface area contributed by atoms with E-state index < -0.39 is 11.4 Å². The molecule has 0 amide bonds. The summed E-state index contributed by atoms with van der Waals surface area (Å²) >= 11 is 0. The van der Waals surface area contributed by atoms with E-state index >= 15 is 0 Å². The molecule has 3 rings (SSSR count). The molecule has 2 aliphatic heterocycles. The molecule has 14 heavy (non-hydrogen) atoms. The van der Waals surface area contributed by atoms with Gasteiger partial charge in [-0.15, -0.1) is 0 Å². The molecule has 78 valence electrons. The lowest BCUT2D eigenvalue weighted by atomic mass is 9.80. The fraction of sp³-hybridized carbons (Fsp3) is 0.800. The molecule has 4 heteroatoms. The molecule has 0 aromatic heterocycles. The van der Waals surface area contributed by atoms with Crippen molar-refractivity contribution < 1.29 is 19.6 Å². The minimum Gasteiger partial charge on any atom is -0.360 e. The first-order chi connectivity index (χ1) is 6.39. The Morgan fingerprint density at radius 3 is 2.79 bits per heavy atom. The third kappa shape index (κ3) is 0.827. The van der Waals surface area contributed by atoms with Gasteiger partial charge in [0.2, 0.25) is 0 Å². The first-order valence-electron chi connectivity index (χ1n) is 4.87. The fourth-order valence-electron chi connectivity index (χ4n) is 2.45. The molecular formula is C10H14O4. The molecule has 2 fully saturated rings. The van der Waals surface area contributed by atoms with Crippen LogP contribution in [0.15, 0.2) is 11.6 Å². The highest BCUT2D eigenvalue weighted by molar-refractivity contribution is 5.36. The normalized spacial score (nSPS) is 53.4. The summed E-state index contributed by atoms with van der Waals surface area (Å²) in [6.45, 7) is 5.72. The maximum atomic E-state index is 10.3. The second kappa shape index (κ2) is 2.07. The van der Waals surface area contributed by atoms with Gasteiger partial charge < -0.3 is 9.84 Å². The highest BCUT2D eigenvalue weighted by Crippen LogP contribution is 2.57. The summed E-state index contributed by atoms with van der Waals surface area (Å²) in [5.74, 6) is -1.36. The summed E-state index contributed by atoms with van der Waals surface area (Å²) < 4.78 is 5.47. The summed E-state index contributed by atoms with van der Waals surface area (Å²) in [5, 5.41) is 10.3. The van der Waals surface area contributed by atoms with Crippen molar-refractivity contribution >= 4 is 0 Å².